The van der Waals surface area contributed by atoms with Gasteiger partial charge in [-0.25, -0.2) is 0 Å². The number of aromatic nitrogens is 2. The van der Waals surface area contributed by atoms with Crippen molar-refractivity contribution in [3.05, 3.63) is 112 Å². The van der Waals surface area contributed by atoms with E-state index in [1.165, 1.54) is 16.7 Å². The van der Waals surface area contributed by atoms with Crippen molar-refractivity contribution in [3.63, 3.8) is 0 Å². The van der Waals surface area contributed by atoms with Crippen molar-refractivity contribution in [2.24, 2.45) is 0 Å². The standard InChI is InChI=1S/C26H19Cl2N3/c27-20-5-7-22-19(9-11-29-25(22)14-20)13-17-1-3-18(4-2-17)16-31-24-10-12-30-26-15-21(28)6-8-23(24)26/h1-12,14-15H,13,16H2,(H,30,31). The third kappa shape index (κ3) is 4.34. The lowest BCUT2D eigenvalue weighted by Gasteiger charge is -2.11. The maximum atomic E-state index is 6.11. The Bertz CT molecular complexity index is 1380. The van der Waals surface area contributed by atoms with Gasteiger partial charge in [0, 0.05) is 45.4 Å². The topological polar surface area (TPSA) is 37.8 Å². The number of fused-ring (bicyclic) bond motifs is 2. The van der Waals surface area contributed by atoms with Crippen LogP contribution in [-0.4, -0.2) is 9.97 Å². The molecule has 0 saturated carbocycles. The molecule has 3 aromatic carbocycles. The van der Waals surface area contributed by atoms with Gasteiger partial charge >= 0.3 is 0 Å². The quantitative estimate of drug-likeness (QED) is 0.309. The van der Waals surface area contributed by atoms with E-state index in [2.05, 4.69) is 45.6 Å². The summed E-state index contributed by atoms with van der Waals surface area (Å²) in [5.74, 6) is 0. The Morgan fingerprint density at radius 1 is 0.645 bits per heavy atom. The van der Waals surface area contributed by atoms with Crippen molar-refractivity contribution in [1.29, 1.82) is 0 Å². The van der Waals surface area contributed by atoms with Gasteiger partial charge in [0.05, 0.1) is 11.0 Å². The Kier molecular flexibility index (Phi) is 5.46. The van der Waals surface area contributed by atoms with Crippen LogP contribution >= 0.6 is 23.2 Å². The second-order valence-electron chi connectivity index (χ2n) is 7.50. The Labute approximate surface area is 190 Å². The van der Waals surface area contributed by atoms with Crippen molar-refractivity contribution in [2.75, 3.05) is 5.32 Å². The molecule has 0 spiro atoms. The Hall–Kier alpha value is -3.14. The van der Waals surface area contributed by atoms with E-state index in [-0.39, 0.29) is 0 Å². The lowest BCUT2D eigenvalue weighted by Crippen LogP contribution is -2.01. The van der Waals surface area contributed by atoms with Gasteiger partial charge in [-0.15, -0.1) is 0 Å². The third-order valence-electron chi connectivity index (χ3n) is 5.40. The number of benzene rings is 3. The van der Waals surface area contributed by atoms with E-state index < -0.39 is 0 Å². The van der Waals surface area contributed by atoms with Crippen LogP contribution in [0.4, 0.5) is 5.69 Å². The normalized spacial score (nSPS) is 11.2. The first-order valence-electron chi connectivity index (χ1n) is 10.0. The van der Waals surface area contributed by atoms with Crippen LogP contribution in [0.25, 0.3) is 21.8 Å². The lowest BCUT2D eigenvalue weighted by molar-refractivity contribution is 1.13. The summed E-state index contributed by atoms with van der Waals surface area (Å²) in [5.41, 5.74) is 6.58. The molecule has 0 aliphatic rings. The molecule has 3 nitrogen and oxygen atoms in total. The minimum atomic E-state index is 0.692. The van der Waals surface area contributed by atoms with Gasteiger partial charge in [-0.1, -0.05) is 53.5 Å². The summed E-state index contributed by atoms with van der Waals surface area (Å²) in [5, 5.41) is 7.12. The molecule has 2 heterocycles. The second kappa shape index (κ2) is 8.54. The van der Waals surface area contributed by atoms with Gasteiger partial charge in [-0.2, -0.15) is 0 Å². The minimum Gasteiger partial charge on any atom is -0.380 e. The fourth-order valence-corrected chi connectivity index (χ4v) is 4.13. The number of hydrogen-bond acceptors (Lipinski definition) is 3. The van der Waals surface area contributed by atoms with E-state index in [9.17, 15) is 0 Å². The Balaban J connectivity index is 1.31. The summed E-state index contributed by atoms with van der Waals surface area (Å²) in [7, 11) is 0. The number of nitrogens with one attached hydrogen (secondary N) is 1. The molecule has 0 unspecified atom stereocenters. The third-order valence-corrected chi connectivity index (χ3v) is 5.87. The number of pyridine rings is 2. The zero-order chi connectivity index (χ0) is 21.2. The summed E-state index contributed by atoms with van der Waals surface area (Å²) >= 11 is 12.2. The first kappa shape index (κ1) is 19.8. The number of hydrogen-bond donors (Lipinski definition) is 1. The molecule has 2 aromatic heterocycles. The van der Waals surface area contributed by atoms with Gasteiger partial charge in [-0.05, 0) is 65.6 Å². The molecule has 0 aliphatic heterocycles. The van der Waals surface area contributed by atoms with E-state index >= 15 is 0 Å². The van der Waals surface area contributed by atoms with Gasteiger partial charge in [-0.3, -0.25) is 9.97 Å². The minimum absolute atomic E-state index is 0.692. The molecule has 152 valence electrons. The van der Waals surface area contributed by atoms with Crippen LogP contribution < -0.4 is 5.32 Å². The van der Waals surface area contributed by atoms with Crippen LogP contribution in [0.15, 0.2) is 85.2 Å². The summed E-state index contributed by atoms with van der Waals surface area (Å²) in [6.07, 6.45) is 4.50. The maximum absolute atomic E-state index is 6.11. The highest BCUT2D eigenvalue weighted by Gasteiger charge is 2.06. The maximum Gasteiger partial charge on any atom is 0.0737 e. The average molecular weight is 444 g/mol. The molecule has 31 heavy (non-hydrogen) atoms. The average Bonchev–Trinajstić information content (AvgIpc) is 2.78. The summed E-state index contributed by atoms with van der Waals surface area (Å²) in [6, 6.07) is 24.4. The van der Waals surface area contributed by atoms with Crippen LogP contribution in [0.5, 0.6) is 0 Å². The first-order chi connectivity index (χ1) is 15.2. The predicted molar refractivity (Wildman–Crippen MR) is 130 cm³/mol. The fraction of sp³-hybridized carbons (Fsp3) is 0.0769. The predicted octanol–water partition coefficient (Wildman–Crippen LogP) is 7.29. The lowest BCUT2D eigenvalue weighted by atomic mass is 10.0. The van der Waals surface area contributed by atoms with Crippen molar-refractivity contribution < 1.29 is 0 Å². The number of rotatable bonds is 5. The van der Waals surface area contributed by atoms with Gasteiger partial charge in [0.15, 0.2) is 0 Å². The van der Waals surface area contributed by atoms with Gasteiger partial charge in [0.25, 0.3) is 0 Å². The largest absolute Gasteiger partial charge is 0.380 e. The number of nitrogens with zero attached hydrogens (tertiary/aromatic N) is 2. The molecular formula is C26H19Cl2N3. The summed E-state index contributed by atoms with van der Waals surface area (Å²) in [4.78, 5) is 8.83. The molecule has 5 heteroatoms. The number of anilines is 1. The van der Waals surface area contributed by atoms with E-state index in [1.807, 2.05) is 48.7 Å². The summed E-state index contributed by atoms with van der Waals surface area (Å²) < 4.78 is 0. The fourth-order valence-electron chi connectivity index (χ4n) is 3.80. The van der Waals surface area contributed by atoms with E-state index in [0.29, 0.717) is 10.0 Å². The molecule has 0 bridgehead atoms. The van der Waals surface area contributed by atoms with Crippen molar-refractivity contribution in [3.8, 4) is 0 Å². The van der Waals surface area contributed by atoms with Crippen molar-refractivity contribution in [1.82, 2.24) is 9.97 Å². The Morgan fingerprint density at radius 2 is 1.26 bits per heavy atom. The van der Waals surface area contributed by atoms with Crippen LogP contribution in [0.2, 0.25) is 10.0 Å². The zero-order valence-corrected chi connectivity index (χ0v) is 18.2. The molecule has 0 radical (unpaired) electrons. The van der Waals surface area contributed by atoms with Gasteiger partial charge in [0.1, 0.15) is 0 Å². The molecule has 0 saturated heterocycles. The monoisotopic (exact) mass is 443 g/mol. The molecule has 1 N–H and O–H groups in total. The number of halogens is 2. The highest BCUT2D eigenvalue weighted by atomic mass is 35.5. The van der Waals surface area contributed by atoms with E-state index in [0.717, 1.165) is 40.5 Å². The highest BCUT2D eigenvalue weighted by Crippen LogP contribution is 2.26. The summed E-state index contributed by atoms with van der Waals surface area (Å²) in [6.45, 7) is 0.735. The van der Waals surface area contributed by atoms with Crippen LogP contribution in [0.3, 0.4) is 0 Å². The van der Waals surface area contributed by atoms with Gasteiger partial charge < -0.3 is 5.32 Å². The van der Waals surface area contributed by atoms with Crippen LogP contribution in [0.1, 0.15) is 16.7 Å². The first-order valence-corrected chi connectivity index (χ1v) is 10.8. The van der Waals surface area contributed by atoms with E-state index in [4.69, 9.17) is 23.2 Å². The molecule has 5 rings (SSSR count). The van der Waals surface area contributed by atoms with Crippen molar-refractivity contribution in [2.45, 2.75) is 13.0 Å². The second-order valence-corrected chi connectivity index (χ2v) is 8.37. The highest BCUT2D eigenvalue weighted by molar-refractivity contribution is 6.31. The van der Waals surface area contributed by atoms with Crippen LogP contribution in [0, 0.1) is 0 Å². The molecule has 5 aromatic rings. The molecule has 0 atom stereocenters. The SMILES string of the molecule is Clc1ccc2c(Cc3ccc(CNc4ccnc5cc(Cl)ccc45)cc3)ccnc2c1. The Morgan fingerprint density at radius 3 is 2.00 bits per heavy atom. The van der Waals surface area contributed by atoms with Crippen LogP contribution in [-0.2, 0) is 13.0 Å². The zero-order valence-electron chi connectivity index (χ0n) is 16.6. The smallest absolute Gasteiger partial charge is 0.0737 e. The van der Waals surface area contributed by atoms with Gasteiger partial charge in [0.2, 0.25) is 0 Å². The molecule has 0 fully saturated rings. The van der Waals surface area contributed by atoms with E-state index in [1.54, 1.807) is 6.20 Å². The molecule has 0 amide bonds. The molecular weight excluding hydrogens is 425 g/mol. The molecule has 0 aliphatic carbocycles. The van der Waals surface area contributed by atoms with Crippen molar-refractivity contribution >= 4 is 50.7 Å².